The molecule has 1 aliphatic heterocycles. The number of benzene rings is 2. The highest BCUT2D eigenvalue weighted by Gasteiger charge is 2.10. The van der Waals surface area contributed by atoms with Gasteiger partial charge in [-0.2, -0.15) is 0 Å². The standard InChI is InChI=1S/C30H24N4/c1-2-21(27-17-15-23-13-12-22-8-6-18-31-28(22)29(23)33-27)14-16-26-20-24-9-7-19-32-30(24)34(26)25-10-4-3-5-11-25/h2-6,8-18,20H,7,19H2,1H3/b16-14-,21-2+. The summed E-state index contributed by atoms with van der Waals surface area (Å²) < 4.78 is 2.24. The SMILES string of the molecule is C/C=C(\C=C/c1cc2c(n1-c1ccccc1)=NCCC=2)c1ccc2ccc3cccnc3c2n1. The maximum atomic E-state index is 5.02. The molecule has 0 bridgehead atoms. The molecule has 0 fully saturated rings. The Kier molecular flexibility index (Phi) is 5.11. The number of hydrogen-bond acceptors (Lipinski definition) is 3. The van der Waals surface area contributed by atoms with E-state index < -0.39 is 0 Å². The molecule has 0 saturated heterocycles. The van der Waals surface area contributed by atoms with Crippen LogP contribution in [0.1, 0.15) is 24.7 Å². The Labute approximate surface area is 198 Å². The van der Waals surface area contributed by atoms with Gasteiger partial charge in [0.2, 0.25) is 0 Å². The van der Waals surface area contributed by atoms with E-state index in [-0.39, 0.29) is 0 Å². The molecule has 2 aromatic carbocycles. The van der Waals surface area contributed by atoms with Crippen molar-refractivity contribution in [2.45, 2.75) is 13.3 Å². The lowest BCUT2D eigenvalue weighted by molar-refractivity contribution is 0.875. The van der Waals surface area contributed by atoms with E-state index >= 15 is 0 Å². The lowest BCUT2D eigenvalue weighted by Gasteiger charge is -2.09. The first-order valence-electron chi connectivity index (χ1n) is 11.6. The largest absolute Gasteiger partial charge is 0.295 e. The monoisotopic (exact) mass is 440 g/mol. The molecular formula is C30H24N4. The molecule has 0 unspecified atom stereocenters. The highest BCUT2D eigenvalue weighted by Crippen LogP contribution is 2.25. The van der Waals surface area contributed by atoms with Crippen molar-refractivity contribution in [1.82, 2.24) is 14.5 Å². The number of allylic oxidation sites excluding steroid dienone is 3. The van der Waals surface area contributed by atoms with Crippen molar-refractivity contribution in [3.8, 4) is 5.69 Å². The second kappa shape index (κ2) is 8.56. The van der Waals surface area contributed by atoms with Gasteiger partial charge in [-0.1, -0.05) is 60.7 Å². The Hall–Kier alpha value is -4.31. The van der Waals surface area contributed by atoms with Crippen molar-refractivity contribution in [1.29, 1.82) is 0 Å². The second-order valence-corrected chi connectivity index (χ2v) is 8.38. The fraction of sp³-hybridized carbons (Fsp3) is 0.100. The quantitative estimate of drug-likeness (QED) is 0.274. The van der Waals surface area contributed by atoms with Gasteiger partial charge in [-0.25, -0.2) is 4.98 Å². The maximum Gasteiger partial charge on any atom is 0.139 e. The summed E-state index contributed by atoms with van der Waals surface area (Å²) in [6, 6.07) is 25.1. The molecule has 4 heterocycles. The van der Waals surface area contributed by atoms with Gasteiger partial charge >= 0.3 is 0 Å². The van der Waals surface area contributed by atoms with E-state index in [9.17, 15) is 0 Å². The van der Waals surface area contributed by atoms with Crippen molar-refractivity contribution in [3.63, 3.8) is 0 Å². The molecule has 0 radical (unpaired) electrons. The molecule has 0 atom stereocenters. The molecule has 5 aromatic rings. The number of para-hydroxylation sites is 1. The molecule has 4 nitrogen and oxygen atoms in total. The summed E-state index contributed by atoms with van der Waals surface area (Å²) in [6.07, 6.45) is 11.5. The fourth-order valence-electron chi connectivity index (χ4n) is 4.60. The Morgan fingerprint density at radius 3 is 2.59 bits per heavy atom. The van der Waals surface area contributed by atoms with Crippen LogP contribution in [0.2, 0.25) is 0 Å². The first kappa shape index (κ1) is 20.3. The molecule has 0 N–H and O–H groups in total. The number of aromatic nitrogens is 3. The van der Waals surface area contributed by atoms with Crippen LogP contribution in [0.4, 0.5) is 0 Å². The topological polar surface area (TPSA) is 43.1 Å². The zero-order chi connectivity index (χ0) is 22.9. The van der Waals surface area contributed by atoms with E-state index in [1.165, 1.54) is 5.22 Å². The van der Waals surface area contributed by atoms with Crippen LogP contribution in [-0.4, -0.2) is 21.1 Å². The van der Waals surface area contributed by atoms with Crippen molar-refractivity contribution >= 4 is 39.5 Å². The van der Waals surface area contributed by atoms with Gasteiger partial charge in [0.05, 0.1) is 16.7 Å². The molecule has 3 aromatic heterocycles. The summed E-state index contributed by atoms with van der Waals surface area (Å²) >= 11 is 0. The third kappa shape index (κ3) is 3.54. The number of rotatable bonds is 4. The Balaban J connectivity index is 1.45. The molecule has 0 aliphatic carbocycles. The molecule has 6 rings (SSSR count). The summed E-state index contributed by atoms with van der Waals surface area (Å²) in [5.41, 5.74) is 7.11. The van der Waals surface area contributed by atoms with Crippen LogP contribution in [-0.2, 0) is 0 Å². The van der Waals surface area contributed by atoms with Crippen LogP contribution in [0.5, 0.6) is 0 Å². The summed E-state index contributed by atoms with van der Waals surface area (Å²) in [7, 11) is 0. The normalized spacial score (nSPS) is 13.7. The Morgan fingerprint density at radius 1 is 0.912 bits per heavy atom. The summed E-state index contributed by atoms with van der Waals surface area (Å²) in [5, 5.41) is 3.39. The van der Waals surface area contributed by atoms with Gasteiger partial charge in [0.1, 0.15) is 5.49 Å². The zero-order valence-electron chi connectivity index (χ0n) is 19.0. The van der Waals surface area contributed by atoms with E-state index in [1.54, 1.807) is 0 Å². The molecular weight excluding hydrogens is 416 g/mol. The molecule has 4 heteroatoms. The number of fused-ring (bicyclic) bond motifs is 4. The minimum Gasteiger partial charge on any atom is -0.295 e. The third-order valence-electron chi connectivity index (χ3n) is 6.27. The number of pyridine rings is 2. The predicted molar refractivity (Wildman–Crippen MR) is 140 cm³/mol. The minimum atomic E-state index is 0.829. The summed E-state index contributed by atoms with van der Waals surface area (Å²) in [6.45, 7) is 2.88. The number of nitrogens with zero attached hydrogens (tertiary/aromatic N) is 4. The van der Waals surface area contributed by atoms with Gasteiger partial charge in [-0.3, -0.25) is 14.5 Å². The van der Waals surface area contributed by atoms with Crippen LogP contribution >= 0.6 is 0 Å². The lowest BCUT2D eigenvalue weighted by Crippen LogP contribution is -2.31. The zero-order valence-corrected chi connectivity index (χ0v) is 19.0. The molecule has 164 valence electrons. The first-order chi connectivity index (χ1) is 16.8. The predicted octanol–water partition coefficient (Wildman–Crippen LogP) is 5.49. The van der Waals surface area contributed by atoms with Crippen molar-refractivity contribution in [2.75, 3.05) is 6.54 Å². The summed E-state index contributed by atoms with van der Waals surface area (Å²) in [5.74, 6) is 0. The van der Waals surface area contributed by atoms with E-state index in [0.717, 1.165) is 62.9 Å². The van der Waals surface area contributed by atoms with Gasteiger partial charge in [0.25, 0.3) is 0 Å². The summed E-state index contributed by atoms with van der Waals surface area (Å²) in [4.78, 5) is 14.4. The lowest BCUT2D eigenvalue weighted by atomic mass is 10.1. The van der Waals surface area contributed by atoms with Gasteiger partial charge in [0, 0.05) is 40.1 Å². The smallest absolute Gasteiger partial charge is 0.139 e. The fourth-order valence-corrected chi connectivity index (χ4v) is 4.60. The van der Waals surface area contributed by atoms with Crippen LogP contribution in [0.25, 0.3) is 45.2 Å². The van der Waals surface area contributed by atoms with Crippen LogP contribution in [0.15, 0.2) is 96.1 Å². The number of hydrogen-bond donors (Lipinski definition) is 0. The van der Waals surface area contributed by atoms with Crippen molar-refractivity contribution < 1.29 is 0 Å². The minimum absolute atomic E-state index is 0.829. The molecule has 0 saturated carbocycles. The average Bonchev–Trinajstić information content (AvgIpc) is 3.28. The highest BCUT2D eigenvalue weighted by molar-refractivity contribution is 6.03. The van der Waals surface area contributed by atoms with Crippen molar-refractivity contribution in [3.05, 3.63) is 113 Å². The van der Waals surface area contributed by atoms with E-state index in [1.807, 2.05) is 18.3 Å². The van der Waals surface area contributed by atoms with Gasteiger partial charge in [-0.15, -0.1) is 0 Å². The van der Waals surface area contributed by atoms with Crippen LogP contribution in [0.3, 0.4) is 0 Å². The Morgan fingerprint density at radius 2 is 1.74 bits per heavy atom. The maximum absolute atomic E-state index is 5.02. The van der Waals surface area contributed by atoms with Gasteiger partial charge in [-0.05, 0) is 55.3 Å². The highest BCUT2D eigenvalue weighted by atomic mass is 15.0. The molecule has 1 aliphatic rings. The molecule has 0 amide bonds. The third-order valence-corrected chi connectivity index (χ3v) is 6.27. The molecule has 0 spiro atoms. The van der Waals surface area contributed by atoms with E-state index in [0.29, 0.717) is 0 Å². The second-order valence-electron chi connectivity index (χ2n) is 8.38. The average molecular weight is 441 g/mol. The molecule has 34 heavy (non-hydrogen) atoms. The van der Waals surface area contributed by atoms with Gasteiger partial charge in [0.15, 0.2) is 0 Å². The van der Waals surface area contributed by atoms with Crippen LogP contribution < -0.4 is 10.7 Å². The van der Waals surface area contributed by atoms with E-state index in [2.05, 4.69) is 101 Å². The Bertz CT molecular complexity index is 1710. The van der Waals surface area contributed by atoms with Crippen molar-refractivity contribution in [2.24, 2.45) is 4.99 Å². The van der Waals surface area contributed by atoms with E-state index in [4.69, 9.17) is 9.98 Å². The van der Waals surface area contributed by atoms with Crippen LogP contribution in [0, 0.1) is 0 Å². The van der Waals surface area contributed by atoms with Gasteiger partial charge < -0.3 is 0 Å². The first-order valence-corrected chi connectivity index (χ1v) is 11.6.